The van der Waals surface area contributed by atoms with Crippen LogP contribution in [0.3, 0.4) is 0 Å². The molecular formula is C11H20ClNO. The van der Waals surface area contributed by atoms with Gasteiger partial charge in [0.25, 0.3) is 0 Å². The van der Waals surface area contributed by atoms with E-state index in [1.54, 1.807) is 0 Å². The molecule has 0 bridgehead atoms. The first-order valence-corrected chi connectivity index (χ1v) is 5.97. The third kappa shape index (κ3) is 3.99. The van der Waals surface area contributed by atoms with Gasteiger partial charge in [0.15, 0.2) is 0 Å². The Kier molecular flexibility index (Phi) is 6.24. The van der Waals surface area contributed by atoms with Gasteiger partial charge in [-0.25, -0.2) is 0 Å². The average molecular weight is 218 g/mol. The molecule has 1 N–H and O–H groups in total. The Morgan fingerprint density at radius 3 is 2.86 bits per heavy atom. The molecule has 1 heterocycles. The van der Waals surface area contributed by atoms with Crippen LogP contribution >= 0.6 is 11.6 Å². The molecule has 0 aliphatic carbocycles. The lowest BCUT2D eigenvalue weighted by molar-refractivity contribution is 0.135. The van der Waals surface area contributed by atoms with Crippen LogP contribution in [0.1, 0.15) is 25.7 Å². The van der Waals surface area contributed by atoms with E-state index in [2.05, 4.69) is 11.0 Å². The topological polar surface area (TPSA) is 23.5 Å². The summed E-state index contributed by atoms with van der Waals surface area (Å²) in [6.07, 6.45) is 9.01. The summed E-state index contributed by atoms with van der Waals surface area (Å²) in [7, 11) is 0. The molecule has 0 spiro atoms. The van der Waals surface area contributed by atoms with Crippen LogP contribution in [0.2, 0.25) is 0 Å². The number of hydrogen-bond donors (Lipinski definition) is 1. The molecule has 1 fully saturated rings. The van der Waals surface area contributed by atoms with Gasteiger partial charge in [-0.3, -0.25) is 4.90 Å². The van der Waals surface area contributed by atoms with Crippen LogP contribution < -0.4 is 0 Å². The molecule has 1 aliphatic heterocycles. The van der Waals surface area contributed by atoms with E-state index in [4.69, 9.17) is 11.6 Å². The third-order valence-corrected chi connectivity index (χ3v) is 2.98. The molecule has 0 amide bonds. The molecule has 3 heteroatoms. The van der Waals surface area contributed by atoms with E-state index < -0.39 is 0 Å². The predicted octanol–water partition coefficient (Wildman–Crippen LogP) is 2.02. The molecule has 1 rings (SSSR count). The summed E-state index contributed by atoms with van der Waals surface area (Å²) < 4.78 is 0. The Bertz CT molecular complexity index is 173. The smallest absolute Gasteiger partial charge is 0.0586 e. The van der Waals surface area contributed by atoms with Gasteiger partial charge in [0.05, 0.1) is 6.61 Å². The van der Waals surface area contributed by atoms with Gasteiger partial charge < -0.3 is 5.11 Å². The summed E-state index contributed by atoms with van der Waals surface area (Å²) in [4.78, 5) is 2.36. The minimum absolute atomic E-state index is 0.286. The molecule has 14 heavy (non-hydrogen) atoms. The van der Waals surface area contributed by atoms with Gasteiger partial charge >= 0.3 is 0 Å². The van der Waals surface area contributed by atoms with Crippen molar-refractivity contribution in [2.45, 2.75) is 31.7 Å². The maximum absolute atomic E-state index is 9.25. The van der Waals surface area contributed by atoms with Gasteiger partial charge in [0.2, 0.25) is 0 Å². The minimum Gasteiger partial charge on any atom is -0.395 e. The van der Waals surface area contributed by atoms with Gasteiger partial charge in [0.1, 0.15) is 0 Å². The van der Waals surface area contributed by atoms with Crippen molar-refractivity contribution in [3.8, 4) is 0 Å². The van der Waals surface area contributed by atoms with Crippen molar-refractivity contribution in [1.82, 2.24) is 4.90 Å². The maximum atomic E-state index is 9.25. The first-order chi connectivity index (χ1) is 6.88. The third-order valence-electron chi connectivity index (χ3n) is 2.81. The summed E-state index contributed by atoms with van der Waals surface area (Å²) in [5.74, 6) is 0.581. The quantitative estimate of drug-likeness (QED) is 0.576. The van der Waals surface area contributed by atoms with Gasteiger partial charge in [-0.2, -0.15) is 0 Å². The minimum atomic E-state index is 0.286. The Balaban J connectivity index is 2.39. The number of nitrogens with zero attached hydrogens (tertiary/aromatic N) is 1. The summed E-state index contributed by atoms with van der Waals surface area (Å²) in [6.45, 7) is 2.32. The average Bonchev–Trinajstić information content (AvgIpc) is 2.43. The number of alkyl halides is 1. The number of aliphatic hydroxyl groups is 1. The van der Waals surface area contributed by atoms with Gasteiger partial charge in [0, 0.05) is 18.5 Å². The molecule has 0 aromatic carbocycles. The summed E-state index contributed by atoms with van der Waals surface area (Å²) in [6, 6.07) is 0.359. The van der Waals surface area contributed by atoms with E-state index in [0.717, 1.165) is 19.5 Å². The highest BCUT2D eigenvalue weighted by molar-refractivity contribution is 6.18. The van der Waals surface area contributed by atoms with Gasteiger partial charge in [-0.1, -0.05) is 25.0 Å². The summed E-state index contributed by atoms with van der Waals surface area (Å²) in [5, 5.41) is 9.25. The fraction of sp³-hybridized carbons (Fsp3) is 0.818. The number of aliphatic hydroxyl groups excluding tert-OH is 1. The van der Waals surface area contributed by atoms with Gasteiger partial charge in [-0.15, -0.1) is 11.6 Å². The molecule has 1 atom stereocenters. The van der Waals surface area contributed by atoms with Crippen LogP contribution in [0.25, 0.3) is 0 Å². The highest BCUT2D eigenvalue weighted by Gasteiger charge is 2.18. The molecular weight excluding hydrogens is 198 g/mol. The number of allylic oxidation sites excluding steroid dienone is 1. The van der Waals surface area contributed by atoms with Crippen molar-refractivity contribution >= 4 is 11.6 Å². The highest BCUT2D eigenvalue weighted by atomic mass is 35.5. The first-order valence-electron chi connectivity index (χ1n) is 5.44. The maximum Gasteiger partial charge on any atom is 0.0586 e. The molecule has 1 unspecified atom stereocenters. The molecule has 0 aromatic rings. The fourth-order valence-electron chi connectivity index (χ4n) is 1.96. The molecule has 1 saturated heterocycles. The van der Waals surface area contributed by atoms with Crippen molar-refractivity contribution in [3.05, 3.63) is 12.2 Å². The zero-order valence-electron chi connectivity index (χ0n) is 8.66. The summed E-state index contributed by atoms with van der Waals surface area (Å²) in [5.41, 5.74) is 0. The van der Waals surface area contributed by atoms with Crippen molar-refractivity contribution < 1.29 is 5.11 Å². The Hall–Kier alpha value is -0.0500. The largest absolute Gasteiger partial charge is 0.395 e. The van der Waals surface area contributed by atoms with E-state index in [-0.39, 0.29) is 6.61 Å². The predicted molar refractivity (Wildman–Crippen MR) is 60.8 cm³/mol. The van der Waals surface area contributed by atoms with Crippen LogP contribution in [0.5, 0.6) is 0 Å². The number of halogens is 1. The van der Waals surface area contributed by atoms with Crippen molar-refractivity contribution in [2.24, 2.45) is 0 Å². The van der Waals surface area contributed by atoms with Crippen LogP contribution in [-0.4, -0.2) is 41.6 Å². The fourth-order valence-corrected chi connectivity index (χ4v) is 2.08. The van der Waals surface area contributed by atoms with Crippen molar-refractivity contribution in [1.29, 1.82) is 0 Å². The SMILES string of the molecule is OCC1CCCCCN1C/C=C/CCl. The Morgan fingerprint density at radius 1 is 1.29 bits per heavy atom. The second-order valence-corrected chi connectivity index (χ2v) is 4.11. The molecule has 2 nitrogen and oxygen atoms in total. The second kappa shape index (κ2) is 7.27. The van der Waals surface area contributed by atoms with Crippen LogP contribution in [0, 0.1) is 0 Å². The van der Waals surface area contributed by atoms with E-state index in [1.807, 2.05) is 6.08 Å². The second-order valence-electron chi connectivity index (χ2n) is 3.81. The van der Waals surface area contributed by atoms with E-state index in [0.29, 0.717) is 11.9 Å². The standard InChI is InChI=1S/C11H20ClNO/c12-7-3-5-9-13-8-4-1-2-6-11(13)10-14/h3,5,11,14H,1-2,4,6-10H2/b5-3+. The van der Waals surface area contributed by atoms with Crippen molar-refractivity contribution in [2.75, 3.05) is 25.6 Å². The monoisotopic (exact) mass is 217 g/mol. The van der Waals surface area contributed by atoms with Crippen LogP contribution in [0.4, 0.5) is 0 Å². The number of hydrogen-bond acceptors (Lipinski definition) is 2. The van der Waals surface area contributed by atoms with E-state index in [9.17, 15) is 5.11 Å². The van der Waals surface area contributed by atoms with Crippen molar-refractivity contribution in [3.63, 3.8) is 0 Å². The highest BCUT2D eigenvalue weighted by Crippen LogP contribution is 2.16. The Labute approximate surface area is 91.6 Å². The molecule has 82 valence electrons. The van der Waals surface area contributed by atoms with Crippen LogP contribution in [-0.2, 0) is 0 Å². The first kappa shape index (κ1) is 12.0. The zero-order chi connectivity index (χ0) is 10.2. The molecule has 0 radical (unpaired) electrons. The number of likely N-dealkylation sites (tertiary alicyclic amines) is 1. The lowest BCUT2D eigenvalue weighted by Gasteiger charge is -2.26. The molecule has 0 aromatic heterocycles. The zero-order valence-corrected chi connectivity index (χ0v) is 9.42. The summed E-state index contributed by atoms with van der Waals surface area (Å²) >= 11 is 5.57. The normalized spacial score (nSPS) is 25.4. The number of rotatable bonds is 4. The van der Waals surface area contributed by atoms with Gasteiger partial charge in [-0.05, 0) is 19.4 Å². The lowest BCUT2D eigenvalue weighted by atomic mass is 10.1. The van der Waals surface area contributed by atoms with E-state index >= 15 is 0 Å². The lowest BCUT2D eigenvalue weighted by Crippen LogP contribution is -2.37. The van der Waals surface area contributed by atoms with Crippen LogP contribution in [0.15, 0.2) is 12.2 Å². The molecule has 1 aliphatic rings. The van der Waals surface area contributed by atoms with E-state index in [1.165, 1.54) is 19.3 Å². The Morgan fingerprint density at radius 2 is 2.14 bits per heavy atom. The molecule has 0 saturated carbocycles.